The molecule has 1 fully saturated rings. The molecule has 3 N–H and O–H groups in total. The number of amides is 1. The number of aliphatic carboxylic acids is 1. The minimum absolute atomic E-state index is 0.101. The lowest BCUT2D eigenvalue weighted by Crippen LogP contribution is -2.51. The lowest BCUT2D eigenvalue weighted by atomic mass is 9.89. The molecule has 1 aliphatic heterocycles. The summed E-state index contributed by atoms with van der Waals surface area (Å²) in [5.41, 5.74) is -0.606. The first-order valence-electron chi connectivity index (χ1n) is 11.6. The Balaban J connectivity index is 1.52. The smallest absolute Gasteiger partial charge is 0.408 e. The first-order chi connectivity index (χ1) is 15.6. The van der Waals surface area contributed by atoms with Gasteiger partial charge >= 0.3 is 12.1 Å². The minimum atomic E-state index is -1.46. The molecule has 6 nitrogen and oxygen atoms in total. The van der Waals surface area contributed by atoms with Crippen molar-refractivity contribution in [3.05, 3.63) is 58.3 Å². The molecule has 1 atom stereocenters. The van der Waals surface area contributed by atoms with Crippen molar-refractivity contribution in [2.24, 2.45) is 5.92 Å². The number of unbranched alkanes of at least 4 members (excludes halogenated alkanes) is 3. The van der Waals surface area contributed by atoms with Gasteiger partial charge in [-0.1, -0.05) is 68.5 Å². The molecule has 32 heavy (non-hydrogen) atoms. The summed E-state index contributed by atoms with van der Waals surface area (Å²) in [7, 11) is 0. The van der Waals surface area contributed by atoms with E-state index in [9.17, 15) is 14.7 Å². The first-order valence-corrected chi connectivity index (χ1v) is 12.4. The van der Waals surface area contributed by atoms with Crippen molar-refractivity contribution >= 4 is 23.4 Å². The highest BCUT2D eigenvalue weighted by Crippen LogP contribution is 2.32. The molecular weight excluding hydrogens is 424 g/mol. The van der Waals surface area contributed by atoms with Crippen molar-refractivity contribution in [3.8, 4) is 0 Å². The number of hydrogen-bond acceptors (Lipinski definition) is 5. The molecule has 1 saturated heterocycles. The van der Waals surface area contributed by atoms with Crippen LogP contribution in [0.1, 0.15) is 61.8 Å². The van der Waals surface area contributed by atoms with E-state index in [1.165, 1.54) is 37.0 Å². The van der Waals surface area contributed by atoms with Gasteiger partial charge in [0, 0.05) is 4.88 Å². The number of piperidine rings is 1. The summed E-state index contributed by atoms with van der Waals surface area (Å²) in [5.74, 6) is -0.229. The molecule has 0 aliphatic carbocycles. The van der Waals surface area contributed by atoms with E-state index in [1.807, 2.05) is 41.8 Å². The Bertz CT molecular complexity index is 822. The van der Waals surface area contributed by atoms with E-state index in [4.69, 9.17) is 4.74 Å². The third-order valence-corrected chi connectivity index (χ3v) is 7.24. The van der Waals surface area contributed by atoms with Gasteiger partial charge in [0.1, 0.15) is 6.61 Å². The van der Waals surface area contributed by atoms with Crippen LogP contribution in [-0.4, -0.2) is 30.3 Å². The summed E-state index contributed by atoms with van der Waals surface area (Å²) in [6, 6.07) is 12.9. The molecule has 1 unspecified atom stereocenters. The Morgan fingerprint density at radius 2 is 1.81 bits per heavy atom. The number of ether oxygens (including phenoxy) is 1. The highest BCUT2D eigenvalue weighted by atomic mass is 32.1. The fraction of sp³-hybridized carbons (Fsp3) is 0.520. The fourth-order valence-electron chi connectivity index (χ4n) is 4.32. The van der Waals surface area contributed by atoms with Crippen LogP contribution in [0.5, 0.6) is 0 Å². The number of carbonyl (C=O) groups is 2. The second-order valence-electron chi connectivity index (χ2n) is 8.52. The van der Waals surface area contributed by atoms with Crippen molar-refractivity contribution in [1.82, 2.24) is 10.6 Å². The van der Waals surface area contributed by atoms with E-state index < -0.39 is 17.6 Å². The van der Waals surface area contributed by atoms with Crippen molar-refractivity contribution in [2.75, 3.05) is 13.1 Å². The Kier molecular flexibility index (Phi) is 9.56. The van der Waals surface area contributed by atoms with Crippen LogP contribution in [0, 0.1) is 5.92 Å². The molecule has 0 radical (unpaired) electrons. The average molecular weight is 459 g/mol. The lowest BCUT2D eigenvalue weighted by molar-refractivity contribution is -0.145. The van der Waals surface area contributed by atoms with Gasteiger partial charge in [0.15, 0.2) is 5.54 Å². The highest BCUT2D eigenvalue weighted by Gasteiger charge is 2.43. The normalized spacial score (nSPS) is 16.2. The van der Waals surface area contributed by atoms with E-state index in [-0.39, 0.29) is 6.61 Å². The predicted octanol–water partition coefficient (Wildman–Crippen LogP) is 5.29. The SMILES string of the molecule is O=C(NC(CCCCCCC1CCNCC1)(C(=O)O)c1cccs1)OCc1ccccc1. The highest BCUT2D eigenvalue weighted by molar-refractivity contribution is 7.10. The van der Waals surface area contributed by atoms with Crippen LogP contribution < -0.4 is 10.6 Å². The number of alkyl carbamates (subject to hydrolysis) is 1. The number of benzene rings is 1. The third kappa shape index (κ3) is 7.07. The number of carboxylic acid groups (broad SMARTS) is 1. The number of carbonyl (C=O) groups excluding carboxylic acids is 1. The van der Waals surface area contributed by atoms with Gasteiger partial charge in [-0.05, 0) is 55.3 Å². The van der Waals surface area contributed by atoms with Gasteiger partial charge in [0.2, 0.25) is 0 Å². The molecule has 1 aromatic carbocycles. The molecule has 3 rings (SSSR count). The van der Waals surface area contributed by atoms with Crippen LogP contribution >= 0.6 is 11.3 Å². The van der Waals surface area contributed by atoms with Crippen LogP contribution in [0.2, 0.25) is 0 Å². The Morgan fingerprint density at radius 3 is 2.50 bits per heavy atom. The molecule has 1 aliphatic rings. The first kappa shape index (κ1) is 24.3. The van der Waals surface area contributed by atoms with E-state index in [2.05, 4.69) is 10.6 Å². The molecule has 1 amide bonds. The average Bonchev–Trinajstić information content (AvgIpc) is 3.36. The van der Waals surface area contributed by atoms with E-state index in [0.717, 1.165) is 43.8 Å². The van der Waals surface area contributed by atoms with E-state index in [1.54, 1.807) is 6.07 Å². The van der Waals surface area contributed by atoms with Gasteiger partial charge in [-0.25, -0.2) is 9.59 Å². The van der Waals surface area contributed by atoms with Crippen molar-refractivity contribution < 1.29 is 19.4 Å². The molecule has 2 heterocycles. The fourth-order valence-corrected chi connectivity index (χ4v) is 5.22. The quantitative estimate of drug-likeness (QED) is 0.376. The number of thiophene rings is 1. The van der Waals surface area contributed by atoms with Crippen LogP contribution in [0.4, 0.5) is 4.79 Å². The predicted molar refractivity (Wildman–Crippen MR) is 127 cm³/mol. The Labute approximate surface area is 194 Å². The Hall–Kier alpha value is -2.38. The molecule has 0 saturated carbocycles. The summed E-state index contributed by atoms with van der Waals surface area (Å²) in [6.45, 7) is 2.35. The van der Waals surface area contributed by atoms with Crippen LogP contribution in [0.3, 0.4) is 0 Å². The standard InChI is InChI=1S/C25H34N2O4S/c28-23(29)25(22-12-8-18-32-22,27-24(30)31-19-21-10-5-3-6-11-21)15-7-2-1-4-9-20-13-16-26-17-14-20/h3,5-6,8,10-12,18,20,26H,1-2,4,7,9,13-17,19H2,(H,27,30)(H,28,29). The second kappa shape index (κ2) is 12.6. The van der Waals surface area contributed by atoms with Crippen LogP contribution in [0.15, 0.2) is 47.8 Å². The molecular formula is C25H34N2O4S. The van der Waals surface area contributed by atoms with Gasteiger partial charge in [0.25, 0.3) is 0 Å². The van der Waals surface area contributed by atoms with Crippen molar-refractivity contribution in [1.29, 1.82) is 0 Å². The molecule has 7 heteroatoms. The van der Waals surface area contributed by atoms with Gasteiger partial charge < -0.3 is 20.5 Å². The molecule has 2 aromatic rings. The van der Waals surface area contributed by atoms with Crippen molar-refractivity contribution in [3.63, 3.8) is 0 Å². The zero-order valence-electron chi connectivity index (χ0n) is 18.6. The summed E-state index contributed by atoms with van der Waals surface area (Å²) < 4.78 is 5.33. The maximum atomic E-state index is 12.5. The van der Waals surface area contributed by atoms with E-state index >= 15 is 0 Å². The molecule has 0 spiro atoms. The number of carboxylic acids is 1. The van der Waals surface area contributed by atoms with Crippen LogP contribution in [-0.2, 0) is 21.7 Å². The van der Waals surface area contributed by atoms with Gasteiger partial charge in [0.05, 0.1) is 0 Å². The van der Waals surface area contributed by atoms with Gasteiger partial charge in [-0.2, -0.15) is 0 Å². The molecule has 174 valence electrons. The number of hydrogen-bond donors (Lipinski definition) is 3. The summed E-state index contributed by atoms with van der Waals surface area (Å²) in [6.07, 6.45) is 7.35. The largest absolute Gasteiger partial charge is 0.479 e. The minimum Gasteiger partial charge on any atom is -0.479 e. The summed E-state index contributed by atoms with van der Waals surface area (Å²) in [5, 5.41) is 18.1. The monoisotopic (exact) mass is 458 g/mol. The topological polar surface area (TPSA) is 87.7 Å². The summed E-state index contributed by atoms with van der Waals surface area (Å²) >= 11 is 1.34. The lowest BCUT2D eigenvalue weighted by Gasteiger charge is -2.29. The van der Waals surface area contributed by atoms with Crippen molar-refractivity contribution in [2.45, 2.75) is 63.5 Å². The zero-order valence-corrected chi connectivity index (χ0v) is 19.4. The van der Waals surface area contributed by atoms with Crippen LogP contribution in [0.25, 0.3) is 0 Å². The van der Waals surface area contributed by atoms with E-state index in [0.29, 0.717) is 11.3 Å². The maximum Gasteiger partial charge on any atom is 0.408 e. The molecule has 1 aromatic heterocycles. The zero-order chi connectivity index (χ0) is 22.7. The Morgan fingerprint density at radius 1 is 1.06 bits per heavy atom. The maximum absolute atomic E-state index is 12.5. The number of rotatable bonds is 12. The van der Waals surface area contributed by atoms with Gasteiger partial charge in [-0.3, -0.25) is 0 Å². The third-order valence-electron chi connectivity index (χ3n) is 6.21. The summed E-state index contributed by atoms with van der Waals surface area (Å²) in [4.78, 5) is 25.6. The van der Waals surface area contributed by atoms with Gasteiger partial charge in [-0.15, -0.1) is 11.3 Å². The molecule has 0 bridgehead atoms. The number of nitrogens with one attached hydrogen (secondary N) is 2. The second-order valence-corrected chi connectivity index (χ2v) is 9.47.